The van der Waals surface area contributed by atoms with E-state index in [1.165, 1.54) is 11.6 Å². The second-order valence-corrected chi connectivity index (χ2v) is 7.84. The van der Waals surface area contributed by atoms with E-state index >= 15 is 0 Å². The van der Waals surface area contributed by atoms with Gasteiger partial charge in [0, 0.05) is 36.6 Å². The van der Waals surface area contributed by atoms with Crippen LogP contribution in [0.25, 0.3) is 27.8 Å². The zero-order valence-corrected chi connectivity index (χ0v) is 17.7. The number of aryl methyl sites for hydroxylation is 1. The number of rotatable bonds is 2. The van der Waals surface area contributed by atoms with Crippen molar-refractivity contribution in [3.8, 4) is 16.9 Å². The highest BCUT2D eigenvalue weighted by Crippen LogP contribution is 2.37. The van der Waals surface area contributed by atoms with Crippen LogP contribution in [0.5, 0.6) is 0 Å². The van der Waals surface area contributed by atoms with Crippen molar-refractivity contribution in [3.63, 3.8) is 0 Å². The van der Waals surface area contributed by atoms with Crippen LogP contribution in [-0.2, 0) is 14.1 Å². The third-order valence-corrected chi connectivity index (χ3v) is 5.86. The van der Waals surface area contributed by atoms with Gasteiger partial charge in [-0.3, -0.25) is 13.9 Å². The summed E-state index contributed by atoms with van der Waals surface area (Å²) in [6, 6.07) is 10.4. The summed E-state index contributed by atoms with van der Waals surface area (Å²) < 4.78 is 4.22. The van der Waals surface area contributed by atoms with Gasteiger partial charge in [-0.1, -0.05) is 53.0 Å². The Morgan fingerprint density at radius 2 is 1.52 bits per heavy atom. The molecule has 0 aliphatic carbocycles. The zero-order chi connectivity index (χ0) is 21.0. The van der Waals surface area contributed by atoms with Gasteiger partial charge in [-0.25, -0.2) is 4.79 Å². The van der Waals surface area contributed by atoms with Crippen LogP contribution in [0, 0.1) is 0 Å². The van der Waals surface area contributed by atoms with Crippen molar-refractivity contribution >= 4 is 51.4 Å². The maximum Gasteiger partial charge on any atom is 0.330 e. The normalized spacial score (nSPS) is 11.3. The highest BCUT2D eigenvalue weighted by atomic mass is 35.5. The van der Waals surface area contributed by atoms with Crippen molar-refractivity contribution < 1.29 is 0 Å². The predicted molar refractivity (Wildman–Crippen MR) is 119 cm³/mol. The van der Waals surface area contributed by atoms with Gasteiger partial charge in [-0.05, 0) is 18.2 Å². The maximum absolute atomic E-state index is 13.1. The highest BCUT2D eigenvalue weighted by molar-refractivity contribution is 6.39. The van der Waals surface area contributed by atoms with Gasteiger partial charge in [0.25, 0.3) is 5.56 Å². The average Bonchev–Trinajstić information content (AvgIpc) is 3.09. The minimum absolute atomic E-state index is 0.261. The molecule has 0 bridgehead atoms. The van der Waals surface area contributed by atoms with Gasteiger partial charge in [0.05, 0.1) is 32.3 Å². The molecule has 6 nitrogen and oxygen atoms in total. The van der Waals surface area contributed by atoms with E-state index in [1.807, 2.05) is 6.07 Å². The molecule has 29 heavy (non-hydrogen) atoms. The maximum atomic E-state index is 13.1. The first-order valence-electron chi connectivity index (χ1n) is 8.53. The molecule has 0 amide bonds. The summed E-state index contributed by atoms with van der Waals surface area (Å²) in [6.45, 7) is 0. The second-order valence-electron chi connectivity index (χ2n) is 6.62. The first-order chi connectivity index (χ1) is 13.7. The van der Waals surface area contributed by atoms with Crippen LogP contribution in [0.2, 0.25) is 15.1 Å². The Morgan fingerprint density at radius 1 is 0.897 bits per heavy atom. The lowest BCUT2D eigenvalue weighted by molar-refractivity contribution is 0.714. The van der Waals surface area contributed by atoms with Crippen LogP contribution < -0.4 is 17.0 Å². The molecular weight excluding hydrogens is 435 g/mol. The summed E-state index contributed by atoms with van der Waals surface area (Å²) in [4.78, 5) is 25.5. The van der Waals surface area contributed by atoms with Gasteiger partial charge in [0.2, 0.25) is 0 Å². The summed E-state index contributed by atoms with van der Waals surface area (Å²) in [5, 5.41) is 1.36. The molecule has 2 aromatic carbocycles. The lowest BCUT2D eigenvalue weighted by atomic mass is 10.1. The number of nitrogen functional groups attached to an aromatic ring is 1. The molecule has 0 atom stereocenters. The third-order valence-electron chi connectivity index (χ3n) is 4.91. The summed E-state index contributed by atoms with van der Waals surface area (Å²) in [6.07, 6.45) is 1.69. The Kier molecular flexibility index (Phi) is 4.73. The molecule has 2 heterocycles. The Labute approximate surface area is 180 Å². The lowest BCUT2D eigenvalue weighted by Crippen LogP contribution is -2.36. The number of nitrogens with zero attached hydrogens (tertiary/aromatic N) is 3. The first-order valence-corrected chi connectivity index (χ1v) is 9.66. The lowest BCUT2D eigenvalue weighted by Gasteiger charge is -2.13. The average molecular weight is 450 g/mol. The fourth-order valence-corrected chi connectivity index (χ4v) is 4.07. The molecule has 0 unspecified atom stereocenters. The molecule has 2 N–H and O–H groups in total. The van der Waals surface area contributed by atoms with Crippen LogP contribution in [0.4, 0.5) is 5.69 Å². The van der Waals surface area contributed by atoms with Crippen molar-refractivity contribution in [2.75, 3.05) is 5.73 Å². The topological polar surface area (TPSA) is 75.0 Å². The Hall–Kier alpha value is -2.67. The molecule has 4 rings (SSSR count). The number of hydrogen-bond acceptors (Lipinski definition) is 3. The minimum atomic E-state index is -0.432. The van der Waals surface area contributed by atoms with E-state index in [1.54, 1.807) is 48.1 Å². The van der Waals surface area contributed by atoms with Crippen LogP contribution >= 0.6 is 34.8 Å². The Morgan fingerprint density at radius 3 is 2.14 bits per heavy atom. The van der Waals surface area contributed by atoms with Gasteiger partial charge in [0.1, 0.15) is 0 Å². The van der Waals surface area contributed by atoms with Crippen molar-refractivity contribution in [1.82, 2.24) is 13.7 Å². The monoisotopic (exact) mass is 448 g/mol. The van der Waals surface area contributed by atoms with Crippen LogP contribution in [0.1, 0.15) is 0 Å². The van der Waals surface area contributed by atoms with Crippen molar-refractivity contribution in [1.29, 1.82) is 0 Å². The van der Waals surface area contributed by atoms with Gasteiger partial charge in [0.15, 0.2) is 0 Å². The summed E-state index contributed by atoms with van der Waals surface area (Å²) in [5.41, 5.74) is 7.46. The van der Waals surface area contributed by atoms with E-state index in [2.05, 4.69) is 0 Å². The van der Waals surface area contributed by atoms with E-state index in [-0.39, 0.29) is 15.7 Å². The molecule has 0 saturated carbocycles. The molecule has 2 aromatic heterocycles. The molecule has 4 aromatic rings. The molecule has 0 saturated heterocycles. The van der Waals surface area contributed by atoms with Crippen molar-refractivity contribution in [2.45, 2.75) is 0 Å². The summed E-state index contributed by atoms with van der Waals surface area (Å²) >= 11 is 18.9. The first kappa shape index (κ1) is 19.6. The molecule has 0 spiro atoms. The fraction of sp³-hybridized carbons (Fsp3) is 0.100. The summed E-state index contributed by atoms with van der Waals surface area (Å²) in [5.74, 6) is 0. The Balaban J connectivity index is 2.25. The molecular formula is C20H15Cl3N4O2. The fourth-order valence-electron chi connectivity index (χ4n) is 3.37. The largest absolute Gasteiger partial charge is 0.396 e. The number of anilines is 1. The van der Waals surface area contributed by atoms with E-state index in [4.69, 9.17) is 40.5 Å². The molecule has 9 heteroatoms. The van der Waals surface area contributed by atoms with Crippen LogP contribution in [0.15, 0.2) is 52.2 Å². The van der Waals surface area contributed by atoms with Gasteiger partial charge in [-0.15, -0.1) is 0 Å². The number of halogens is 3. The zero-order valence-electron chi connectivity index (χ0n) is 15.4. The van der Waals surface area contributed by atoms with Gasteiger partial charge in [-0.2, -0.15) is 0 Å². The third kappa shape index (κ3) is 2.95. The molecule has 0 fully saturated rings. The number of nitrogens with two attached hydrogens (primary N) is 1. The van der Waals surface area contributed by atoms with E-state index in [0.29, 0.717) is 32.9 Å². The quantitative estimate of drug-likeness (QED) is 0.465. The number of fused-ring (bicyclic) bond motifs is 1. The number of hydrogen-bond donors (Lipinski definition) is 1. The molecule has 148 valence electrons. The van der Waals surface area contributed by atoms with E-state index in [9.17, 15) is 9.59 Å². The summed E-state index contributed by atoms with van der Waals surface area (Å²) in [7, 11) is 3.04. The van der Waals surface area contributed by atoms with E-state index < -0.39 is 11.2 Å². The van der Waals surface area contributed by atoms with Crippen LogP contribution in [0.3, 0.4) is 0 Å². The second kappa shape index (κ2) is 6.99. The Bertz CT molecular complexity index is 1390. The predicted octanol–water partition coefficient (Wildman–Crippen LogP) is 4.24. The van der Waals surface area contributed by atoms with Crippen molar-refractivity contribution in [3.05, 3.63) is 78.5 Å². The smallest absolute Gasteiger partial charge is 0.330 e. The van der Waals surface area contributed by atoms with Crippen molar-refractivity contribution in [2.24, 2.45) is 14.1 Å². The molecule has 0 aliphatic rings. The SMILES string of the molecule is Cn1c(=O)c2c(-c3ccccc3Cl)n(-c3cc(Cl)c(N)c(Cl)c3)cc2n(C)c1=O. The minimum Gasteiger partial charge on any atom is -0.396 e. The van der Waals surface area contributed by atoms with Gasteiger partial charge < -0.3 is 10.3 Å². The number of benzene rings is 2. The highest BCUT2D eigenvalue weighted by Gasteiger charge is 2.22. The number of aromatic nitrogens is 3. The standard InChI is InChI=1S/C20H15Cl3N4O2/c1-25-15-9-27(10-7-13(22)17(24)14(23)8-10)18(11-5-3-4-6-12(11)21)16(15)19(28)26(2)20(25)29/h3-9H,24H2,1-2H3. The molecule has 0 radical (unpaired) electrons. The van der Waals surface area contributed by atoms with Crippen LogP contribution in [-0.4, -0.2) is 13.7 Å². The van der Waals surface area contributed by atoms with E-state index in [0.717, 1.165) is 4.57 Å². The van der Waals surface area contributed by atoms with Gasteiger partial charge >= 0.3 is 5.69 Å². The molecule has 0 aliphatic heterocycles.